The fourth-order valence-corrected chi connectivity index (χ4v) is 4.14. The molecule has 0 saturated carbocycles. The number of fused-ring (bicyclic) bond motifs is 1. The van der Waals surface area contributed by atoms with E-state index in [4.69, 9.17) is 9.47 Å². The Kier molecular flexibility index (Phi) is 8.42. The van der Waals surface area contributed by atoms with Gasteiger partial charge in [-0.2, -0.15) is 5.26 Å². The summed E-state index contributed by atoms with van der Waals surface area (Å²) in [6.45, 7) is 7.24. The molecule has 2 rings (SSSR count). The summed E-state index contributed by atoms with van der Waals surface area (Å²) in [6, 6.07) is 6.23. The summed E-state index contributed by atoms with van der Waals surface area (Å²) >= 11 is 1.45. The van der Waals surface area contributed by atoms with E-state index in [1.165, 1.54) is 11.8 Å². The van der Waals surface area contributed by atoms with Gasteiger partial charge in [0.2, 0.25) is 0 Å². The zero-order valence-electron chi connectivity index (χ0n) is 16.6. The number of methoxy groups -OCH3 is 2. The summed E-state index contributed by atoms with van der Waals surface area (Å²) in [5, 5.41) is 19.6. The van der Waals surface area contributed by atoms with Crippen molar-refractivity contribution in [1.82, 2.24) is 4.90 Å². The maximum Gasteiger partial charge on any atom is 0.161 e. The van der Waals surface area contributed by atoms with Crippen LogP contribution in [0, 0.1) is 11.3 Å². The van der Waals surface area contributed by atoms with Gasteiger partial charge in [-0.25, -0.2) is 0 Å². The summed E-state index contributed by atoms with van der Waals surface area (Å²) in [5.41, 5.74) is 2.82. The number of benzene rings is 1. The van der Waals surface area contributed by atoms with Gasteiger partial charge in [0.25, 0.3) is 0 Å². The average Bonchev–Trinajstić information content (AvgIpc) is 2.71. The van der Waals surface area contributed by atoms with Crippen molar-refractivity contribution in [2.45, 2.75) is 31.6 Å². The monoisotopic (exact) mass is 391 g/mol. The largest absolute Gasteiger partial charge is 0.493 e. The van der Waals surface area contributed by atoms with Crippen LogP contribution < -0.4 is 9.47 Å². The average molecular weight is 392 g/mol. The highest BCUT2D eigenvalue weighted by molar-refractivity contribution is 8.00. The fraction of sp³-hybridized carbons (Fsp3) is 0.600. The highest BCUT2D eigenvalue weighted by Gasteiger charge is 2.26. The van der Waals surface area contributed by atoms with Crippen molar-refractivity contribution in [3.05, 3.63) is 23.3 Å². The minimum absolute atomic E-state index is 0.423. The highest BCUT2D eigenvalue weighted by atomic mass is 32.2. The lowest BCUT2D eigenvalue weighted by atomic mass is 9.95. The van der Waals surface area contributed by atoms with Gasteiger partial charge in [-0.1, -0.05) is 13.8 Å². The van der Waals surface area contributed by atoms with Crippen molar-refractivity contribution in [2.75, 3.05) is 46.2 Å². The quantitative estimate of drug-likeness (QED) is 0.660. The first kappa shape index (κ1) is 21.5. The first-order chi connectivity index (χ1) is 13.1. The third kappa shape index (κ3) is 5.38. The second kappa shape index (κ2) is 10.5. The van der Waals surface area contributed by atoms with Crippen LogP contribution in [0.2, 0.25) is 0 Å². The number of ether oxygens (including phenoxy) is 2. The number of aliphatic hydroxyl groups is 1. The van der Waals surface area contributed by atoms with Crippen molar-refractivity contribution in [3.8, 4) is 17.6 Å². The van der Waals surface area contributed by atoms with Crippen LogP contribution in [0.4, 0.5) is 0 Å². The molecule has 148 valence electrons. The summed E-state index contributed by atoms with van der Waals surface area (Å²) < 4.78 is 10.8. The van der Waals surface area contributed by atoms with Crippen molar-refractivity contribution in [1.29, 1.82) is 5.26 Å². The summed E-state index contributed by atoms with van der Waals surface area (Å²) in [7, 11) is 3.22. The molecule has 1 N–H and O–H groups in total. The molecule has 0 aliphatic carbocycles. The topological polar surface area (TPSA) is 78.1 Å². The zero-order chi connectivity index (χ0) is 19.8. The molecule has 0 radical (unpaired) electrons. The third-order valence-electron chi connectivity index (χ3n) is 4.73. The van der Waals surface area contributed by atoms with Gasteiger partial charge in [0.1, 0.15) is 5.25 Å². The predicted molar refractivity (Wildman–Crippen MR) is 110 cm³/mol. The van der Waals surface area contributed by atoms with E-state index in [0.29, 0.717) is 30.3 Å². The van der Waals surface area contributed by atoms with Crippen molar-refractivity contribution in [3.63, 3.8) is 0 Å². The van der Waals surface area contributed by atoms with Crippen LogP contribution in [-0.2, 0) is 6.42 Å². The van der Waals surface area contributed by atoms with Crippen molar-refractivity contribution >= 4 is 17.5 Å². The Bertz CT molecular complexity index is 698. The van der Waals surface area contributed by atoms with Crippen LogP contribution in [0.1, 0.15) is 25.0 Å². The molecule has 1 heterocycles. The number of nitriles is 1. The number of thioether (sulfide) groups is 1. The Morgan fingerprint density at radius 3 is 2.52 bits per heavy atom. The van der Waals surface area contributed by atoms with Crippen LogP contribution in [0.25, 0.3) is 0 Å². The number of aliphatic hydroxyl groups excluding tert-OH is 1. The van der Waals surface area contributed by atoms with E-state index in [2.05, 4.69) is 29.8 Å². The SMILES string of the molecule is CCN(CC)CC(O)CSC(C#N)C1=NCCc2cc(OC)c(OC)cc21. The Labute approximate surface area is 166 Å². The fourth-order valence-electron chi connectivity index (χ4n) is 3.19. The Balaban J connectivity index is 2.14. The van der Waals surface area contributed by atoms with Gasteiger partial charge < -0.3 is 19.5 Å². The molecule has 0 amide bonds. The molecular formula is C20H29N3O3S. The molecule has 27 heavy (non-hydrogen) atoms. The number of hydrogen-bond acceptors (Lipinski definition) is 7. The molecule has 6 nitrogen and oxygen atoms in total. The third-order valence-corrected chi connectivity index (χ3v) is 5.97. The van der Waals surface area contributed by atoms with Gasteiger partial charge in [-0.05, 0) is 37.2 Å². The van der Waals surface area contributed by atoms with Crippen LogP contribution >= 0.6 is 11.8 Å². The van der Waals surface area contributed by atoms with E-state index < -0.39 is 11.4 Å². The second-order valence-corrected chi connectivity index (χ2v) is 7.50. The number of hydrogen-bond donors (Lipinski definition) is 1. The Morgan fingerprint density at radius 2 is 1.93 bits per heavy atom. The smallest absolute Gasteiger partial charge is 0.161 e. The molecule has 0 fully saturated rings. The summed E-state index contributed by atoms with van der Waals surface area (Å²) in [6.07, 6.45) is 0.340. The van der Waals surface area contributed by atoms with E-state index in [0.717, 1.165) is 36.3 Å². The molecule has 0 bridgehead atoms. The minimum atomic E-state index is -0.472. The number of aliphatic imine (C=N–C) groups is 1. The van der Waals surface area contributed by atoms with Crippen LogP contribution in [0.5, 0.6) is 11.5 Å². The van der Waals surface area contributed by atoms with Gasteiger partial charge in [0.15, 0.2) is 11.5 Å². The first-order valence-electron chi connectivity index (χ1n) is 9.29. The molecule has 1 aliphatic rings. The first-order valence-corrected chi connectivity index (χ1v) is 10.3. The molecule has 0 aromatic heterocycles. The van der Waals surface area contributed by atoms with Crippen molar-refractivity contribution in [2.24, 2.45) is 4.99 Å². The van der Waals surface area contributed by atoms with Crippen LogP contribution in [0.3, 0.4) is 0 Å². The van der Waals surface area contributed by atoms with E-state index in [-0.39, 0.29) is 0 Å². The zero-order valence-corrected chi connectivity index (χ0v) is 17.4. The van der Waals surface area contributed by atoms with Gasteiger partial charge in [0.05, 0.1) is 32.1 Å². The molecule has 0 saturated heterocycles. The van der Waals surface area contributed by atoms with E-state index >= 15 is 0 Å². The van der Waals surface area contributed by atoms with Crippen LogP contribution in [0.15, 0.2) is 17.1 Å². The lowest BCUT2D eigenvalue weighted by Gasteiger charge is -2.24. The summed E-state index contributed by atoms with van der Waals surface area (Å²) in [4.78, 5) is 6.81. The van der Waals surface area contributed by atoms with E-state index in [1.54, 1.807) is 14.2 Å². The highest BCUT2D eigenvalue weighted by Crippen LogP contribution is 2.34. The lowest BCUT2D eigenvalue weighted by Crippen LogP contribution is -2.34. The predicted octanol–water partition coefficient (Wildman–Crippen LogP) is 2.38. The maximum absolute atomic E-state index is 10.3. The molecule has 0 spiro atoms. The van der Waals surface area contributed by atoms with Crippen LogP contribution in [-0.4, -0.2) is 73.2 Å². The minimum Gasteiger partial charge on any atom is -0.493 e. The molecule has 1 aromatic carbocycles. The molecule has 7 heteroatoms. The van der Waals surface area contributed by atoms with Gasteiger partial charge in [0, 0.05) is 24.4 Å². The Hall–Kier alpha value is -1.75. The second-order valence-electron chi connectivity index (χ2n) is 6.36. The standard InChI is InChI=1S/C20H29N3O3S/c1-5-23(6-2)12-15(24)13-27-19(11-21)20-16-10-18(26-4)17(25-3)9-14(16)7-8-22-20/h9-10,15,19,24H,5-8,12-13H2,1-4H3. The molecule has 2 unspecified atom stereocenters. The van der Waals surface area contributed by atoms with Crippen molar-refractivity contribution < 1.29 is 14.6 Å². The number of rotatable bonds is 10. The molecular weight excluding hydrogens is 362 g/mol. The molecule has 1 aliphatic heterocycles. The Morgan fingerprint density at radius 1 is 1.26 bits per heavy atom. The number of nitrogens with zero attached hydrogens (tertiary/aromatic N) is 3. The van der Waals surface area contributed by atoms with Gasteiger partial charge >= 0.3 is 0 Å². The van der Waals surface area contributed by atoms with Gasteiger partial charge in [-0.3, -0.25) is 4.99 Å². The summed E-state index contributed by atoms with van der Waals surface area (Å²) in [5.74, 6) is 1.82. The maximum atomic E-state index is 10.3. The lowest BCUT2D eigenvalue weighted by molar-refractivity contribution is 0.137. The van der Waals surface area contributed by atoms with E-state index in [1.807, 2.05) is 12.1 Å². The molecule has 1 aromatic rings. The normalized spacial score (nSPS) is 15.5. The number of likely N-dealkylation sites (N-methyl/N-ethyl adjacent to an activating group) is 1. The van der Waals surface area contributed by atoms with E-state index in [9.17, 15) is 10.4 Å². The molecule has 2 atom stereocenters. The van der Waals surface area contributed by atoms with Gasteiger partial charge in [-0.15, -0.1) is 11.8 Å².